The molecule has 0 aromatic carbocycles. The van der Waals surface area contributed by atoms with Crippen molar-refractivity contribution in [3.05, 3.63) is 32.0 Å². The normalized spacial score (nSPS) is 11.0. The Morgan fingerprint density at radius 3 is 1.29 bits per heavy atom. The zero-order valence-corrected chi connectivity index (χ0v) is 22.5. The van der Waals surface area contributed by atoms with Gasteiger partial charge in [-0.05, 0) is 66.5 Å². The molecule has 0 spiro atoms. The summed E-state index contributed by atoms with van der Waals surface area (Å²) in [5.41, 5.74) is 2.19. The minimum absolute atomic E-state index is 0.0877. The van der Waals surface area contributed by atoms with Crippen LogP contribution in [0, 0.1) is 27.7 Å². The summed E-state index contributed by atoms with van der Waals surface area (Å²) < 4.78 is 10.6. The average Bonchev–Trinajstić information content (AvgIpc) is 3.13. The summed E-state index contributed by atoms with van der Waals surface area (Å²) in [6.45, 7) is 14.4. The number of carbonyl (C=O) groups is 4. The Balaban J connectivity index is 2.05. The highest BCUT2D eigenvalue weighted by Gasteiger charge is 2.25. The number of hydrogen-bond donors (Lipinski definition) is 2. The van der Waals surface area contributed by atoms with Crippen molar-refractivity contribution in [2.24, 2.45) is 0 Å². The van der Waals surface area contributed by atoms with Gasteiger partial charge in [0.15, 0.2) is 0 Å². The van der Waals surface area contributed by atoms with E-state index in [9.17, 15) is 19.2 Å². The van der Waals surface area contributed by atoms with E-state index in [1.165, 1.54) is 22.7 Å². The van der Waals surface area contributed by atoms with Crippen LogP contribution >= 0.6 is 22.7 Å². The van der Waals surface area contributed by atoms with Crippen LogP contribution in [-0.4, -0.2) is 36.0 Å². The maximum absolute atomic E-state index is 12.5. The van der Waals surface area contributed by atoms with Crippen molar-refractivity contribution in [3.8, 4) is 0 Å². The van der Waals surface area contributed by atoms with Crippen LogP contribution < -0.4 is 10.6 Å². The molecule has 2 amide bonds. The maximum Gasteiger partial charge on any atom is 0.341 e. The summed E-state index contributed by atoms with van der Waals surface area (Å²) >= 11 is 2.59. The summed E-state index contributed by atoms with van der Waals surface area (Å²) in [5.74, 6) is -1.77. The number of amides is 2. The van der Waals surface area contributed by atoms with Gasteiger partial charge >= 0.3 is 11.9 Å². The Bertz CT molecular complexity index is 1010. The number of thiophene rings is 2. The number of rotatable bonds is 9. The van der Waals surface area contributed by atoms with E-state index in [1.807, 2.05) is 13.8 Å². The van der Waals surface area contributed by atoms with Crippen molar-refractivity contribution < 1.29 is 28.7 Å². The molecule has 0 saturated heterocycles. The minimum atomic E-state index is -0.492. The highest BCUT2D eigenvalue weighted by molar-refractivity contribution is 7.17. The number of anilines is 2. The SMILES string of the molecule is Cc1sc(NC(=O)CCC(=O)Nc2sc(C)c(C)c2C(=O)OC(C)C)c(C(=O)OC(C)C)c1C. The van der Waals surface area contributed by atoms with E-state index >= 15 is 0 Å². The van der Waals surface area contributed by atoms with Gasteiger partial charge in [0.25, 0.3) is 0 Å². The average molecular weight is 509 g/mol. The lowest BCUT2D eigenvalue weighted by Gasteiger charge is -2.11. The second-order valence-corrected chi connectivity index (χ2v) is 10.9. The lowest BCUT2D eigenvalue weighted by Crippen LogP contribution is -2.20. The molecule has 0 radical (unpaired) electrons. The first-order valence-corrected chi connectivity index (χ1v) is 12.7. The Morgan fingerprint density at radius 2 is 1.00 bits per heavy atom. The molecule has 10 heteroatoms. The summed E-state index contributed by atoms with van der Waals surface area (Å²) in [7, 11) is 0. The molecule has 0 aliphatic rings. The predicted octanol–water partition coefficient (Wildman–Crippen LogP) is 5.53. The fourth-order valence-electron chi connectivity index (χ4n) is 3.07. The number of carbonyl (C=O) groups excluding carboxylic acids is 4. The number of nitrogens with one attached hydrogen (secondary N) is 2. The van der Waals surface area contributed by atoms with E-state index in [2.05, 4.69) is 10.6 Å². The van der Waals surface area contributed by atoms with E-state index in [4.69, 9.17) is 9.47 Å². The second kappa shape index (κ2) is 11.6. The molecule has 2 aromatic heterocycles. The first-order valence-electron chi connectivity index (χ1n) is 11.0. The van der Waals surface area contributed by atoms with E-state index < -0.39 is 23.8 Å². The number of aryl methyl sites for hydroxylation is 2. The monoisotopic (exact) mass is 508 g/mol. The molecule has 2 aromatic rings. The van der Waals surface area contributed by atoms with Gasteiger partial charge < -0.3 is 20.1 Å². The van der Waals surface area contributed by atoms with Gasteiger partial charge in [-0.25, -0.2) is 9.59 Å². The van der Waals surface area contributed by atoms with Crippen molar-refractivity contribution in [3.63, 3.8) is 0 Å². The van der Waals surface area contributed by atoms with E-state index in [0.29, 0.717) is 21.1 Å². The van der Waals surface area contributed by atoms with Gasteiger partial charge in [-0.15, -0.1) is 22.7 Å². The zero-order chi connectivity index (χ0) is 25.7. The molecule has 0 saturated carbocycles. The van der Waals surface area contributed by atoms with Crippen LogP contribution in [0.25, 0.3) is 0 Å². The van der Waals surface area contributed by atoms with Crippen molar-refractivity contribution >= 4 is 56.4 Å². The molecule has 8 nitrogen and oxygen atoms in total. The Hall–Kier alpha value is -2.72. The third-order valence-electron chi connectivity index (χ3n) is 4.95. The second-order valence-electron chi connectivity index (χ2n) is 8.48. The van der Waals surface area contributed by atoms with Crippen LogP contribution in [0.15, 0.2) is 0 Å². The van der Waals surface area contributed by atoms with Crippen molar-refractivity contribution in [1.29, 1.82) is 0 Å². The Labute approximate surface area is 208 Å². The van der Waals surface area contributed by atoms with Crippen molar-refractivity contribution in [2.75, 3.05) is 10.6 Å². The molecular weight excluding hydrogens is 476 g/mol. The van der Waals surface area contributed by atoms with Gasteiger partial charge in [-0.1, -0.05) is 0 Å². The molecule has 2 heterocycles. The first-order chi connectivity index (χ1) is 15.8. The highest BCUT2D eigenvalue weighted by Crippen LogP contribution is 2.34. The molecular formula is C24H32N2O6S2. The molecule has 0 aliphatic carbocycles. The lowest BCUT2D eigenvalue weighted by atomic mass is 10.1. The molecule has 2 N–H and O–H groups in total. The minimum Gasteiger partial charge on any atom is -0.459 e. The van der Waals surface area contributed by atoms with Crippen LogP contribution in [0.1, 0.15) is 82.1 Å². The van der Waals surface area contributed by atoms with Crippen LogP contribution in [-0.2, 0) is 19.1 Å². The fraction of sp³-hybridized carbons (Fsp3) is 0.500. The zero-order valence-electron chi connectivity index (χ0n) is 20.8. The predicted molar refractivity (Wildman–Crippen MR) is 135 cm³/mol. The molecule has 0 fully saturated rings. The van der Waals surface area contributed by atoms with Gasteiger partial charge in [0, 0.05) is 22.6 Å². The highest BCUT2D eigenvalue weighted by atomic mass is 32.1. The van der Waals surface area contributed by atoms with Crippen molar-refractivity contribution in [2.45, 2.75) is 80.4 Å². The summed E-state index contributed by atoms with van der Waals surface area (Å²) in [6, 6.07) is 0. The Kier molecular flexibility index (Phi) is 9.40. The number of hydrogen-bond acceptors (Lipinski definition) is 8. The quantitative estimate of drug-likeness (QED) is 0.431. The summed E-state index contributed by atoms with van der Waals surface area (Å²) in [5, 5.41) is 6.30. The fourth-order valence-corrected chi connectivity index (χ4v) is 5.20. The smallest absolute Gasteiger partial charge is 0.341 e. The molecule has 0 bridgehead atoms. The third-order valence-corrected chi connectivity index (χ3v) is 7.19. The van der Waals surface area contributed by atoms with Gasteiger partial charge in [0.05, 0.1) is 23.3 Å². The molecule has 186 valence electrons. The van der Waals surface area contributed by atoms with Crippen LogP contribution in [0.5, 0.6) is 0 Å². The number of ether oxygens (including phenoxy) is 2. The summed E-state index contributed by atoms with van der Waals surface area (Å²) in [6.07, 6.45) is -0.747. The van der Waals surface area contributed by atoms with E-state index in [1.54, 1.807) is 41.5 Å². The van der Waals surface area contributed by atoms with Crippen LogP contribution in [0.2, 0.25) is 0 Å². The largest absolute Gasteiger partial charge is 0.459 e. The third kappa shape index (κ3) is 6.89. The van der Waals surface area contributed by atoms with Crippen LogP contribution in [0.3, 0.4) is 0 Å². The standard InChI is InChI=1S/C24H32N2O6S2/c1-11(2)31-23(29)19-13(5)15(7)33-21(19)25-17(27)9-10-18(28)26-22-20(14(6)16(8)34-22)24(30)32-12(3)4/h11-12H,9-10H2,1-8H3,(H,25,27)(H,26,28). The van der Waals surface area contributed by atoms with Gasteiger partial charge in [-0.3, -0.25) is 9.59 Å². The van der Waals surface area contributed by atoms with Gasteiger partial charge in [0.2, 0.25) is 11.8 Å². The van der Waals surface area contributed by atoms with Gasteiger partial charge in [-0.2, -0.15) is 0 Å². The molecule has 0 unspecified atom stereocenters. The molecule has 0 aliphatic heterocycles. The topological polar surface area (TPSA) is 111 Å². The maximum atomic E-state index is 12.5. The van der Waals surface area contributed by atoms with E-state index in [0.717, 1.165) is 20.9 Å². The molecule has 0 atom stereocenters. The molecule has 34 heavy (non-hydrogen) atoms. The lowest BCUT2D eigenvalue weighted by molar-refractivity contribution is -0.121. The van der Waals surface area contributed by atoms with E-state index in [-0.39, 0.29) is 25.0 Å². The number of esters is 2. The van der Waals surface area contributed by atoms with Crippen molar-refractivity contribution in [1.82, 2.24) is 0 Å². The van der Waals surface area contributed by atoms with Crippen LogP contribution in [0.4, 0.5) is 10.0 Å². The summed E-state index contributed by atoms with van der Waals surface area (Å²) in [4.78, 5) is 51.8. The first kappa shape index (κ1) is 27.5. The Morgan fingerprint density at radius 1 is 0.676 bits per heavy atom. The molecule has 2 rings (SSSR count). The van der Waals surface area contributed by atoms with Gasteiger partial charge in [0.1, 0.15) is 10.0 Å².